The van der Waals surface area contributed by atoms with Crippen molar-refractivity contribution in [3.8, 4) is 0 Å². The van der Waals surface area contributed by atoms with Gasteiger partial charge in [-0.15, -0.1) is 0 Å². The summed E-state index contributed by atoms with van der Waals surface area (Å²) in [5, 5.41) is 12.5. The molecule has 0 bridgehead atoms. The second-order valence-electron chi connectivity index (χ2n) is 4.60. The Kier molecular flexibility index (Phi) is 4.44. The minimum atomic E-state index is -0.992. The van der Waals surface area contributed by atoms with E-state index in [0.29, 0.717) is 18.8 Å². The summed E-state index contributed by atoms with van der Waals surface area (Å²) in [5.74, 6) is -0.516. The Hall–Kier alpha value is -1.53. The topological polar surface area (TPSA) is 84.3 Å². The van der Waals surface area contributed by atoms with Gasteiger partial charge in [0.25, 0.3) is 0 Å². The summed E-state index contributed by atoms with van der Waals surface area (Å²) in [5.41, 5.74) is 1.66. The van der Waals surface area contributed by atoms with Gasteiger partial charge in [-0.1, -0.05) is 13.3 Å². The van der Waals surface area contributed by atoms with Gasteiger partial charge in [0.2, 0.25) is 0 Å². The third-order valence-electron chi connectivity index (χ3n) is 3.28. The van der Waals surface area contributed by atoms with E-state index in [1.807, 2.05) is 6.92 Å². The minimum Gasteiger partial charge on any atom is -0.477 e. The summed E-state index contributed by atoms with van der Waals surface area (Å²) in [6.07, 6.45) is 2.12. The summed E-state index contributed by atoms with van der Waals surface area (Å²) < 4.78 is 5.36. The van der Waals surface area contributed by atoms with E-state index in [1.165, 1.54) is 0 Å². The Balaban J connectivity index is 2.45. The van der Waals surface area contributed by atoms with Gasteiger partial charge in [0, 0.05) is 19.2 Å². The third kappa shape index (κ3) is 2.90. The molecule has 0 saturated heterocycles. The highest BCUT2D eigenvalue weighted by molar-refractivity contribution is 5.87. The van der Waals surface area contributed by atoms with Crippen molar-refractivity contribution in [1.82, 2.24) is 15.3 Å². The molecule has 1 unspecified atom stereocenters. The lowest BCUT2D eigenvalue weighted by Crippen LogP contribution is -2.28. The largest absolute Gasteiger partial charge is 0.477 e. The van der Waals surface area contributed by atoms with Crippen LogP contribution in [0.4, 0.5) is 0 Å². The number of ether oxygens (including phenoxy) is 1. The van der Waals surface area contributed by atoms with Crippen LogP contribution in [0, 0.1) is 0 Å². The van der Waals surface area contributed by atoms with Crippen LogP contribution in [0.3, 0.4) is 0 Å². The van der Waals surface area contributed by atoms with Gasteiger partial charge in [0.1, 0.15) is 6.10 Å². The number of hydrogen-bond donors (Lipinski definition) is 2. The highest BCUT2D eigenvalue weighted by atomic mass is 16.5. The molecular formula is C13H19N3O3. The van der Waals surface area contributed by atoms with Gasteiger partial charge in [-0.2, -0.15) is 0 Å². The summed E-state index contributed by atoms with van der Waals surface area (Å²) in [6.45, 7) is 3.40. The molecule has 0 aromatic carbocycles. The molecule has 0 saturated carbocycles. The van der Waals surface area contributed by atoms with Crippen molar-refractivity contribution >= 4 is 5.97 Å². The fourth-order valence-corrected chi connectivity index (χ4v) is 2.31. The second-order valence-corrected chi connectivity index (χ2v) is 4.60. The molecule has 19 heavy (non-hydrogen) atoms. The highest BCUT2D eigenvalue weighted by Gasteiger charge is 2.24. The molecule has 1 atom stereocenters. The van der Waals surface area contributed by atoms with Crippen molar-refractivity contribution in [2.45, 2.75) is 38.8 Å². The van der Waals surface area contributed by atoms with Crippen LogP contribution < -0.4 is 5.32 Å². The average molecular weight is 265 g/mol. The number of methoxy groups -OCH3 is 1. The van der Waals surface area contributed by atoms with Crippen LogP contribution in [0.25, 0.3) is 0 Å². The first-order valence-electron chi connectivity index (χ1n) is 6.53. The van der Waals surface area contributed by atoms with Crippen LogP contribution in [0.15, 0.2) is 0 Å². The number of aromatic carboxylic acids is 1. The van der Waals surface area contributed by atoms with E-state index in [2.05, 4.69) is 15.3 Å². The Bertz CT molecular complexity index is 476. The Morgan fingerprint density at radius 1 is 1.53 bits per heavy atom. The summed E-state index contributed by atoms with van der Waals surface area (Å²) in [4.78, 5) is 20.0. The third-order valence-corrected chi connectivity index (χ3v) is 3.28. The van der Waals surface area contributed by atoms with E-state index >= 15 is 0 Å². The Labute approximate surface area is 112 Å². The first-order valence-corrected chi connectivity index (χ1v) is 6.53. The minimum absolute atomic E-state index is 0.125. The molecule has 2 N–H and O–H groups in total. The molecule has 1 aromatic rings. The van der Waals surface area contributed by atoms with Crippen LogP contribution >= 0.6 is 0 Å². The van der Waals surface area contributed by atoms with Gasteiger partial charge in [-0.3, -0.25) is 0 Å². The maximum Gasteiger partial charge on any atom is 0.354 e. The first-order chi connectivity index (χ1) is 9.17. The van der Waals surface area contributed by atoms with Gasteiger partial charge < -0.3 is 15.2 Å². The zero-order valence-corrected chi connectivity index (χ0v) is 11.3. The second kappa shape index (κ2) is 6.08. The standard InChI is InChI=1S/C13H19N3O3/c1-3-4-10(19-2)12-15-9-7-14-6-5-8(9)11(16-12)13(17)18/h10,14H,3-7H2,1-2H3,(H,17,18). The quantitative estimate of drug-likeness (QED) is 0.835. The molecule has 2 rings (SSSR count). The van der Waals surface area contributed by atoms with E-state index in [9.17, 15) is 9.90 Å². The zero-order valence-electron chi connectivity index (χ0n) is 11.3. The first kappa shape index (κ1) is 13.9. The number of nitrogens with one attached hydrogen (secondary N) is 1. The van der Waals surface area contributed by atoms with Crippen molar-refractivity contribution < 1.29 is 14.6 Å². The van der Waals surface area contributed by atoms with Crippen LogP contribution in [0.5, 0.6) is 0 Å². The predicted octanol–water partition coefficient (Wildman–Crippen LogP) is 1.31. The van der Waals surface area contributed by atoms with Crippen LogP contribution in [-0.4, -0.2) is 34.7 Å². The number of carboxylic acids is 1. The van der Waals surface area contributed by atoms with Gasteiger partial charge in [0.05, 0.1) is 5.69 Å². The maximum absolute atomic E-state index is 11.3. The predicted molar refractivity (Wildman–Crippen MR) is 69.1 cm³/mol. The molecule has 2 heterocycles. The molecule has 0 spiro atoms. The monoisotopic (exact) mass is 265 g/mol. The van der Waals surface area contributed by atoms with Crippen molar-refractivity contribution in [1.29, 1.82) is 0 Å². The number of fused-ring (bicyclic) bond motifs is 1. The van der Waals surface area contributed by atoms with Crippen molar-refractivity contribution in [3.05, 3.63) is 22.8 Å². The van der Waals surface area contributed by atoms with Crippen molar-refractivity contribution in [3.63, 3.8) is 0 Å². The Morgan fingerprint density at radius 3 is 2.95 bits per heavy atom. The lowest BCUT2D eigenvalue weighted by molar-refractivity contribution is 0.0680. The molecule has 1 aliphatic rings. The van der Waals surface area contributed by atoms with Crippen LogP contribution in [0.1, 0.15) is 53.4 Å². The zero-order chi connectivity index (χ0) is 13.8. The summed E-state index contributed by atoms with van der Waals surface area (Å²) in [7, 11) is 1.60. The number of hydrogen-bond acceptors (Lipinski definition) is 5. The lowest BCUT2D eigenvalue weighted by atomic mass is 10.0. The van der Waals surface area contributed by atoms with Gasteiger partial charge in [-0.25, -0.2) is 14.8 Å². The smallest absolute Gasteiger partial charge is 0.354 e. The number of aromatic nitrogens is 2. The molecule has 0 radical (unpaired) electrons. The molecule has 6 nitrogen and oxygen atoms in total. The van der Waals surface area contributed by atoms with E-state index in [0.717, 1.165) is 30.6 Å². The summed E-state index contributed by atoms with van der Waals surface area (Å²) in [6, 6.07) is 0. The molecule has 0 fully saturated rings. The lowest BCUT2D eigenvalue weighted by Gasteiger charge is -2.21. The van der Waals surface area contributed by atoms with Crippen LogP contribution in [0.2, 0.25) is 0 Å². The van der Waals surface area contributed by atoms with Crippen molar-refractivity contribution in [2.24, 2.45) is 0 Å². The van der Waals surface area contributed by atoms with Gasteiger partial charge in [0.15, 0.2) is 11.5 Å². The number of carboxylic acid groups (broad SMARTS) is 1. The summed E-state index contributed by atoms with van der Waals surface area (Å²) >= 11 is 0. The van der Waals surface area contributed by atoms with E-state index < -0.39 is 5.97 Å². The number of rotatable bonds is 5. The molecule has 1 aliphatic heterocycles. The van der Waals surface area contributed by atoms with E-state index in [4.69, 9.17) is 4.74 Å². The Morgan fingerprint density at radius 2 is 2.32 bits per heavy atom. The van der Waals surface area contributed by atoms with Crippen LogP contribution in [-0.2, 0) is 17.7 Å². The van der Waals surface area contributed by atoms with E-state index in [1.54, 1.807) is 7.11 Å². The van der Waals surface area contributed by atoms with E-state index in [-0.39, 0.29) is 11.8 Å². The molecular weight excluding hydrogens is 246 g/mol. The molecule has 6 heteroatoms. The normalized spacial score (nSPS) is 15.9. The average Bonchev–Trinajstić information content (AvgIpc) is 2.43. The molecule has 0 aliphatic carbocycles. The number of carbonyl (C=O) groups is 1. The van der Waals surface area contributed by atoms with Crippen molar-refractivity contribution in [2.75, 3.05) is 13.7 Å². The molecule has 104 valence electrons. The SMILES string of the molecule is CCCC(OC)c1nc2c(c(C(=O)O)n1)CCNC2. The van der Waals surface area contributed by atoms with Gasteiger partial charge in [-0.05, 0) is 19.4 Å². The fraction of sp³-hybridized carbons (Fsp3) is 0.615. The number of nitrogens with zero attached hydrogens (tertiary/aromatic N) is 2. The molecule has 0 amide bonds. The molecule has 1 aromatic heterocycles. The maximum atomic E-state index is 11.3. The van der Waals surface area contributed by atoms with Gasteiger partial charge >= 0.3 is 5.97 Å². The highest BCUT2D eigenvalue weighted by Crippen LogP contribution is 2.23. The fourth-order valence-electron chi connectivity index (χ4n) is 2.31.